The molecule has 1 heterocycles. The second-order valence-electron chi connectivity index (χ2n) is 6.61. The van der Waals surface area contributed by atoms with Gasteiger partial charge in [0, 0.05) is 49.9 Å². The predicted molar refractivity (Wildman–Crippen MR) is 92.1 cm³/mol. The van der Waals surface area contributed by atoms with Gasteiger partial charge in [0.2, 0.25) is 11.8 Å². The molecular weight excluding hydrogens is 324 g/mol. The van der Waals surface area contributed by atoms with Gasteiger partial charge in [0.15, 0.2) is 0 Å². The Morgan fingerprint density at radius 2 is 1.92 bits per heavy atom. The van der Waals surface area contributed by atoms with Gasteiger partial charge in [-0.25, -0.2) is 0 Å². The maximum Gasteiger partial charge on any atom is 0.271 e. The minimum atomic E-state index is -0.491. The van der Waals surface area contributed by atoms with Crippen LogP contribution in [0.4, 0.5) is 11.4 Å². The van der Waals surface area contributed by atoms with Crippen LogP contribution in [0.2, 0.25) is 0 Å². The zero-order valence-corrected chi connectivity index (χ0v) is 14.2. The molecule has 134 valence electrons. The van der Waals surface area contributed by atoms with E-state index in [0.717, 1.165) is 12.8 Å². The van der Waals surface area contributed by atoms with Crippen LogP contribution in [0.5, 0.6) is 0 Å². The maximum atomic E-state index is 12.4. The van der Waals surface area contributed by atoms with Gasteiger partial charge >= 0.3 is 0 Å². The van der Waals surface area contributed by atoms with Crippen LogP contribution >= 0.6 is 0 Å². The highest BCUT2D eigenvalue weighted by Gasteiger charge is 2.35. The number of anilines is 1. The number of carbonyl (C=O) groups excluding carboxylic acids is 2. The van der Waals surface area contributed by atoms with Crippen LogP contribution < -0.4 is 5.32 Å². The summed E-state index contributed by atoms with van der Waals surface area (Å²) >= 11 is 0. The molecule has 8 heteroatoms. The van der Waals surface area contributed by atoms with Crippen molar-refractivity contribution in [2.75, 3.05) is 31.5 Å². The van der Waals surface area contributed by atoms with Crippen molar-refractivity contribution in [3.05, 3.63) is 34.4 Å². The first-order chi connectivity index (χ1) is 12.0. The minimum Gasteiger partial charge on any atom is -0.340 e. The van der Waals surface area contributed by atoms with Gasteiger partial charge in [-0.15, -0.1) is 0 Å². The number of piperazine rings is 1. The van der Waals surface area contributed by atoms with E-state index in [1.54, 1.807) is 12.1 Å². The van der Waals surface area contributed by atoms with Gasteiger partial charge in [-0.05, 0) is 25.8 Å². The Balaban J connectivity index is 1.53. The lowest BCUT2D eigenvalue weighted by Crippen LogP contribution is -2.54. The molecule has 0 radical (unpaired) electrons. The number of nitrogens with one attached hydrogen (secondary N) is 1. The average Bonchev–Trinajstić information content (AvgIpc) is 3.46. The number of amides is 2. The first-order valence-electron chi connectivity index (χ1n) is 8.54. The van der Waals surface area contributed by atoms with E-state index in [9.17, 15) is 19.7 Å². The van der Waals surface area contributed by atoms with Crippen LogP contribution in [0.15, 0.2) is 24.3 Å². The molecule has 1 saturated heterocycles. The van der Waals surface area contributed by atoms with E-state index in [1.165, 1.54) is 12.1 Å². The number of nitro benzene ring substituents is 1. The third kappa shape index (κ3) is 4.14. The largest absolute Gasteiger partial charge is 0.340 e. The van der Waals surface area contributed by atoms with Crippen LogP contribution in [0.25, 0.3) is 0 Å². The summed E-state index contributed by atoms with van der Waals surface area (Å²) in [5, 5.41) is 13.5. The van der Waals surface area contributed by atoms with Crippen molar-refractivity contribution in [2.24, 2.45) is 5.92 Å². The molecule has 0 bridgehead atoms. The molecule has 1 atom stereocenters. The summed E-state index contributed by atoms with van der Waals surface area (Å²) in [6.45, 7) is 4.41. The highest BCUT2D eigenvalue weighted by atomic mass is 16.6. The number of non-ortho nitro benzene ring substituents is 1. The number of nitro groups is 1. The van der Waals surface area contributed by atoms with E-state index >= 15 is 0 Å². The van der Waals surface area contributed by atoms with Crippen molar-refractivity contribution in [1.29, 1.82) is 0 Å². The Hall–Kier alpha value is -2.48. The van der Waals surface area contributed by atoms with Crippen LogP contribution in [0, 0.1) is 16.0 Å². The zero-order chi connectivity index (χ0) is 18.0. The second kappa shape index (κ2) is 7.18. The topological polar surface area (TPSA) is 95.8 Å². The lowest BCUT2D eigenvalue weighted by molar-refractivity contribution is -0.384. The number of rotatable bonds is 5. The molecule has 8 nitrogen and oxygen atoms in total. The SMILES string of the molecule is C[C@H](C(=O)Nc1cccc([N+](=O)[O-])c1)N1CCN(C(=O)C2CC2)CC1. The lowest BCUT2D eigenvalue weighted by atomic mass is 10.2. The Morgan fingerprint density at radius 1 is 1.24 bits per heavy atom. The fraction of sp³-hybridized carbons (Fsp3) is 0.529. The average molecular weight is 346 g/mol. The van der Waals surface area contributed by atoms with Gasteiger partial charge in [-0.3, -0.25) is 24.6 Å². The van der Waals surface area contributed by atoms with Crippen molar-refractivity contribution in [3.8, 4) is 0 Å². The Labute approximate surface area is 145 Å². The molecule has 2 fully saturated rings. The summed E-state index contributed by atoms with van der Waals surface area (Å²) in [6.07, 6.45) is 2.00. The fourth-order valence-corrected chi connectivity index (χ4v) is 3.03. The monoisotopic (exact) mass is 346 g/mol. The molecule has 1 aliphatic carbocycles. The normalized spacial score (nSPS) is 19.3. The van der Waals surface area contributed by atoms with Crippen LogP contribution in [-0.4, -0.2) is 58.8 Å². The highest BCUT2D eigenvalue weighted by Crippen LogP contribution is 2.31. The van der Waals surface area contributed by atoms with Gasteiger partial charge in [0.05, 0.1) is 11.0 Å². The Morgan fingerprint density at radius 3 is 2.52 bits per heavy atom. The number of nitrogens with zero attached hydrogens (tertiary/aromatic N) is 3. The van der Waals surface area contributed by atoms with Gasteiger partial charge in [-0.2, -0.15) is 0 Å². The molecule has 0 spiro atoms. The van der Waals surface area contributed by atoms with E-state index < -0.39 is 4.92 Å². The third-order valence-corrected chi connectivity index (χ3v) is 4.80. The van der Waals surface area contributed by atoms with Crippen molar-refractivity contribution >= 4 is 23.2 Å². The van der Waals surface area contributed by atoms with E-state index in [2.05, 4.69) is 5.32 Å². The number of benzene rings is 1. The van der Waals surface area contributed by atoms with Crippen LogP contribution in [-0.2, 0) is 9.59 Å². The molecule has 2 aliphatic rings. The summed E-state index contributed by atoms with van der Waals surface area (Å²) in [5.74, 6) is 0.261. The van der Waals surface area contributed by atoms with Crippen molar-refractivity contribution in [3.63, 3.8) is 0 Å². The Bertz CT molecular complexity index is 681. The molecular formula is C17H22N4O4. The summed E-state index contributed by atoms with van der Waals surface area (Å²) in [7, 11) is 0. The first-order valence-corrected chi connectivity index (χ1v) is 8.54. The molecule has 1 N–H and O–H groups in total. The van der Waals surface area contributed by atoms with Crippen LogP contribution in [0.1, 0.15) is 19.8 Å². The van der Waals surface area contributed by atoms with Gasteiger partial charge in [0.25, 0.3) is 5.69 Å². The quantitative estimate of drug-likeness (QED) is 0.643. The summed E-state index contributed by atoms with van der Waals surface area (Å²) in [5.41, 5.74) is 0.353. The standard InChI is InChI=1S/C17H22N4O4/c1-12(16(22)18-14-3-2-4-15(11-14)21(24)25)19-7-9-20(10-8-19)17(23)13-5-6-13/h2-4,11-13H,5-10H2,1H3,(H,18,22)/t12-/m1/s1. The molecule has 0 unspecified atom stereocenters. The van der Waals surface area contributed by atoms with Crippen molar-refractivity contribution in [1.82, 2.24) is 9.80 Å². The van der Waals surface area contributed by atoms with Gasteiger partial charge < -0.3 is 10.2 Å². The predicted octanol–water partition coefficient (Wildman–Crippen LogP) is 1.48. The van der Waals surface area contributed by atoms with Gasteiger partial charge in [-0.1, -0.05) is 6.07 Å². The molecule has 1 aliphatic heterocycles. The molecule has 1 saturated carbocycles. The van der Waals surface area contributed by atoms with Gasteiger partial charge in [0.1, 0.15) is 0 Å². The Kier molecular flexibility index (Phi) is 4.98. The third-order valence-electron chi connectivity index (χ3n) is 4.80. The molecule has 0 aromatic heterocycles. The summed E-state index contributed by atoms with van der Waals surface area (Å²) in [4.78, 5) is 38.7. The summed E-state index contributed by atoms with van der Waals surface area (Å²) in [6, 6.07) is 5.54. The van der Waals surface area contributed by atoms with E-state index in [-0.39, 0.29) is 29.5 Å². The van der Waals surface area contributed by atoms with E-state index in [0.29, 0.717) is 31.9 Å². The molecule has 1 aromatic carbocycles. The van der Waals surface area contributed by atoms with Crippen molar-refractivity contribution < 1.29 is 14.5 Å². The zero-order valence-electron chi connectivity index (χ0n) is 14.2. The van der Waals surface area contributed by atoms with Crippen LogP contribution in [0.3, 0.4) is 0 Å². The molecule has 3 rings (SSSR count). The van der Waals surface area contributed by atoms with E-state index in [4.69, 9.17) is 0 Å². The summed E-state index contributed by atoms with van der Waals surface area (Å²) < 4.78 is 0. The smallest absolute Gasteiger partial charge is 0.271 e. The lowest BCUT2D eigenvalue weighted by Gasteiger charge is -2.37. The minimum absolute atomic E-state index is 0.0577. The number of hydrogen-bond acceptors (Lipinski definition) is 5. The maximum absolute atomic E-state index is 12.4. The molecule has 1 aromatic rings. The highest BCUT2D eigenvalue weighted by molar-refractivity contribution is 5.94. The van der Waals surface area contributed by atoms with E-state index in [1.807, 2.05) is 16.7 Å². The van der Waals surface area contributed by atoms with Crippen molar-refractivity contribution in [2.45, 2.75) is 25.8 Å². The second-order valence-corrected chi connectivity index (χ2v) is 6.61. The first kappa shape index (κ1) is 17.3. The molecule has 2 amide bonds. The fourth-order valence-electron chi connectivity index (χ4n) is 3.03. The number of hydrogen-bond donors (Lipinski definition) is 1. The molecule has 25 heavy (non-hydrogen) atoms. The number of carbonyl (C=O) groups is 2.